The molecule has 0 saturated carbocycles. The lowest BCUT2D eigenvalue weighted by Gasteiger charge is -2.08. The Labute approximate surface area is 290 Å². The summed E-state index contributed by atoms with van der Waals surface area (Å²) in [6.45, 7) is 2.17. The normalized spacial score (nSPS) is 11.9. The Morgan fingerprint density at radius 3 is 1.10 bits per heavy atom. The SMILES string of the molecule is CCc1c2nc(c(-c3ccc(OC)cc3)c3ccc([nH]3)c(-c3ccc(OC)cc3)c3nc(c(-c4ccc(OC)cc4)c4ccc1[nH]4)C=C3)C=C2. The van der Waals surface area contributed by atoms with E-state index in [1.165, 1.54) is 0 Å². The molecule has 8 rings (SSSR count). The predicted molar refractivity (Wildman–Crippen MR) is 204 cm³/mol. The molecule has 8 bridgehead atoms. The Morgan fingerprint density at radius 1 is 0.420 bits per heavy atom. The van der Waals surface area contributed by atoms with Crippen molar-refractivity contribution in [1.82, 2.24) is 19.9 Å². The molecule has 6 aromatic rings. The van der Waals surface area contributed by atoms with Gasteiger partial charge in [0.2, 0.25) is 0 Å². The number of nitrogens with one attached hydrogen (secondary N) is 2. The van der Waals surface area contributed by atoms with Crippen molar-refractivity contribution in [3.63, 3.8) is 0 Å². The van der Waals surface area contributed by atoms with Crippen molar-refractivity contribution in [2.24, 2.45) is 0 Å². The van der Waals surface area contributed by atoms with E-state index in [4.69, 9.17) is 24.2 Å². The zero-order valence-electron chi connectivity index (χ0n) is 28.4. The maximum absolute atomic E-state index is 5.51. The summed E-state index contributed by atoms with van der Waals surface area (Å²) in [5.41, 5.74) is 14.6. The summed E-state index contributed by atoms with van der Waals surface area (Å²) in [4.78, 5) is 18.1. The van der Waals surface area contributed by atoms with Gasteiger partial charge in [-0.15, -0.1) is 0 Å². The van der Waals surface area contributed by atoms with Crippen molar-refractivity contribution >= 4 is 46.4 Å². The quantitative estimate of drug-likeness (QED) is 0.178. The predicted octanol–water partition coefficient (Wildman–Crippen LogP) is 10.2. The lowest BCUT2D eigenvalue weighted by atomic mass is 10.0. The molecule has 2 aliphatic rings. The second-order valence-corrected chi connectivity index (χ2v) is 12.1. The molecule has 246 valence electrons. The molecule has 0 aliphatic carbocycles. The molecule has 2 N–H and O–H groups in total. The van der Waals surface area contributed by atoms with Crippen molar-refractivity contribution in [3.05, 3.63) is 125 Å². The number of aromatic nitrogens is 4. The minimum Gasteiger partial charge on any atom is -0.497 e. The van der Waals surface area contributed by atoms with Crippen LogP contribution in [-0.4, -0.2) is 41.3 Å². The number of nitrogens with zero attached hydrogens (tertiary/aromatic N) is 2. The summed E-state index contributed by atoms with van der Waals surface area (Å²) in [6.07, 6.45) is 9.24. The van der Waals surface area contributed by atoms with Crippen LogP contribution in [0.5, 0.6) is 17.2 Å². The first-order chi connectivity index (χ1) is 24.6. The van der Waals surface area contributed by atoms with Crippen molar-refractivity contribution in [3.8, 4) is 50.6 Å². The number of aryl methyl sites for hydroxylation is 1. The highest BCUT2D eigenvalue weighted by molar-refractivity contribution is 5.97. The fourth-order valence-electron chi connectivity index (χ4n) is 6.82. The maximum Gasteiger partial charge on any atom is 0.118 e. The van der Waals surface area contributed by atoms with Gasteiger partial charge in [-0.25, -0.2) is 9.97 Å². The van der Waals surface area contributed by atoms with E-state index >= 15 is 0 Å². The summed E-state index contributed by atoms with van der Waals surface area (Å²) in [5.74, 6) is 2.39. The van der Waals surface area contributed by atoms with Gasteiger partial charge in [0.15, 0.2) is 0 Å². The van der Waals surface area contributed by atoms with Gasteiger partial charge in [0.1, 0.15) is 17.2 Å². The van der Waals surface area contributed by atoms with Crippen LogP contribution in [0.3, 0.4) is 0 Å². The molecule has 2 aliphatic heterocycles. The van der Waals surface area contributed by atoms with Gasteiger partial charge in [0.05, 0.1) is 44.1 Å². The lowest BCUT2D eigenvalue weighted by molar-refractivity contribution is 0.415. The molecular formula is C43H36N4O3. The van der Waals surface area contributed by atoms with Crippen molar-refractivity contribution in [2.45, 2.75) is 13.3 Å². The van der Waals surface area contributed by atoms with E-state index in [0.29, 0.717) is 0 Å². The van der Waals surface area contributed by atoms with Gasteiger partial charge >= 0.3 is 0 Å². The number of methoxy groups -OCH3 is 3. The molecule has 0 fully saturated rings. The second kappa shape index (κ2) is 12.9. The van der Waals surface area contributed by atoms with Crippen molar-refractivity contribution < 1.29 is 14.2 Å². The molecule has 7 heteroatoms. The third-order valence-corrected chi connectivity index (χ3v) is 9.35. The second-order valence-electron chi connectivity index (χ2n) is 12.1. The minimum absolute atomic E-state index is 0.792. The van der Waals surface area contributed by atoms with Crippen LogP contribution in [0, 0.1) is 0 Å². The molecule has 0 radical (unpaired) electrons. The highest BCUT2D eigenvalue weighted by Crippen LogP contribution is 2.37. The molecule has 0 unspecified atom stereocenters. The van der Waals surface area contributed by atoms with E-state index in [-0.39, 0.29) is 0 Å². The van der Waals surface area contributed by atoms with Crippen LogP contribution in [0.4, 0.5) is 0 Å². The third kappa shape index (κ3) is 5.52. The Balaban J connectivity index is 1.52. The highest BCUT2D eigenvalue weighted by atomic mass is 16.5. The van der Waals surface area contributed by atoms with E-state index < -0.39 is 0 Å². The van der Waals surface area contributed by atoms with Crippen molar-refractivity contribution in [1.29, 1.82) is 0 Å². The average Bonchev–Trinajstić information content (AvgIpc) is 4.00. The number of ether oxygens (including phenoxy) is 3. The first-order valence-corrected chi connectivity index (χ1v) is 16.6. The van der Waals surface area contributed by atoms with Crippen LogP contribution in [-0.2, 0) is 6.42 Å². The Morgan fingerprint density at radius 2 is 0.740 bits per heavy atom. The lowest BCUT2D eigenvalue weighted by Crippen LogP contribution is -1.91. The number of benzene rings is 3. The summed E-state index contributed by atoms with van der Waals surface area (Å²) in [6, 6.07) is 32.9. The van der Waals surface area contributed by atoms with Crippen molar-refractivity contribution in [2.75, 3.05) is 21.3 Å². The zero-order valence-corrected chi connectivity index (χ0v) is 28.4. The third-order valence-electron chi connectivity index (χ3n) is 9.35. The molecule has 0 amide bonds. The number of aromatic amines is 2. The van der Waals surface area contributed by atoms with E-state index in [1.54, 1.807) is 21.3 Å². The van der Waals surface area contributed by atoms with Crippen LogP contribution in [0.2, 0.25) is 0 Å². The van der Waals surface area contributed by atoms with E-state index in [0.717, 1.165) is 107 Å². The first-order valence-electron chi connectivity index (χ1n) is 16.6. The first kappa shape index (κ1) is 31.0. The number of hydrogen-bond donors (Lipinski definition) is 2. The monoisotopic (exact) mass is 656 g/mol. The summed E-state index contributed by atoms with van der Waals surface area (Å²) in [5, 5.41) is 0. The molecular weight excluding hydrogens is 620 g/mol. The minimum atomic E-state index is 0.792. The Bertz CT molecular complexity index is 2410. The summed E-state index contributed by atoms with van der Waals surface area (Å²) < 4.78 is 16.5. The van der Waals surface area contributed by atoms with Gasteiger partial charge in [0, 0.05) is 44.3 Å². The average molecular weight is 657 g/mol. The van der Waals surface area contributed by atoms with Gasteiger partial charge in [-0.2, -0.15) is 0 Å². The fraction of sp³-hybridized carbons (Fsp3) is 0.116. The number of hydrogen-bond acceptors (Lipinski definition) is 5. The Hall–Kier alpha value is -6.34. The van der Waals surface area contributed by atoms with Gasteiger partial charge in [-0.05, 0) is 108 Å². The standard InChI is InChI=1S/C43H36N4O3/c1-5-32-33-18-20-35(44-33)41(26-6-12-29(48-2)13-7-26)37-22-24-39(46-37)43(28-10-16-31(50-4)17-11-28)40-25-23-38(47-40)42(36-21-19-34(32)45-36)27-8-14-30(49-3)15-9-27/h6-25,44,47H,5H2,1-4H3. The van der Waals surface area contributed by atoms with Gasteiger partial charge < -0.3 is 24.2 Å². The molecule has 3 aromatic heterocycles. The summed E-state index contributed by atoms with van der Waals surface area (Å²) in [7, 11) is 5.05. The number of rotatable bonds is 7. The molecule has 0 saturated heterocycles. The molecule has 0 spiro atoms. The van der Waals surface area contributed by atoms with E-state index in [2.05, 4.69) is 102 Å². The zero-order chi connectivity index (χ0) is 34.2. The van der Waals surface area contributed by atoms with Crippen LogP contribution in [0.15, 0.2) is 97.1 Å². The van der Waals surface area contributed by atoms with E-state index in [1.807, 2.05) is 36.4 Å². The van der Waals surface area contributed by atoms with Crippen LogP contribution < -0.4 is 14.2 Å². The molecule has 3 aromatic carbocycles. The smallest absolute Gasteiger partial charge is 0.118 e. The topological polar surface area (TPSA) is 85.1 Å². The van der Waals surface area contributed by atoms with Crippen LogP contribution in [0.25, 0.3) is 79.8 Å². The largest absolute Gasteiger partial charge is 0.497 e. The molecule has 7 nitrogen and oxygen atoms in total. The molecule has 50 heavy (non-hydrogen) atoms. The molecule has 5 heterocycles. The Kier molecular flexibility index (Phi) is 8.01. The number of H-pyrrole nitrogens is 2. The van der Waals surface area contributed by atoms with E-state index in [9.17, 15) is 0 Å². The maximum atomic E-state index is 5.51. The highest BCUT2D eigenvalue weighted by Gasteiger charge is 2.18. The van der Waals surface area contributed by atoms with Gasteiger partial charge in [-0.1, -0.05) is 43.3 Å². The van der Waals surface area contributed by atoms with Crippen LogP contribution >= 0.6 is 0 Å². The van der Waals surface area contributed by atoms with Crippen LogP contribution in [0.1, 0.15) is 35.3 Å². The van der Waals surface area contributed by atoms with Gasteiger partial charge in [-0.3, -0.25) is 0 Å². The number of fused-ring (bicyclic) bond motifs is 8. The summed E-state index contributed by atoms with van der Waals surface area (Å²) >= 11 is 0. The molecule has 0 atom stereocenters. The fourth-order valence-corrected chi connectivity index (χ4v) is 6.82. The van der Waals surface area contributed by atoms with Gasteiger partial charge in [0.25, 0.3) is 0 Å².